The first-order valence-corrected chi connectivity index (χ1v) is 4.77. The summed E-state index contributed by atoms with van der Waals surface area (Å²) < 4.78 is 4.66. The molecule has 3 heteroatoms. The van der Waals surface area contributed by atoms with Gasteiger partial charge in [0.15, 0.2) is 0 Å². The molecular formula is C10H19NO2. The van der Waals surface area contributed by atoms with Gasteiger partial charge in [-0.1, -0.05) is 6.92 Å². The number of methoxy groups -OCH3 is 1. The van der Waals surface area contributed by atoms with Crippen LogP contribution in [0.3, 0.4) is 0 Å². The Morgan fingerprint density at radius 1 is 1.62 bits per heavy atom. The number of rotatable bonds is 2. The molecule has 1 unspecified atom stereocenters. The first kappa shape index (κ1) is 10.5. The van der Waals surface area contributed by atoms with Crippen molar-refractivity contribution in [1.29, 1.82) is 0 Å². The third-order valence-electron chi connectivity index (χ3n) is 2.78. The zero-order valence-corrected chi connectivity index (χ0v) is 8.96. The Bertz CT molecular complexity index is 201. The fourth-order valence-electron chi connectivity index (χ4n) is 2.17. The number of carbonyl (C=O) groups is 1. The van der Waals surface area contributed by atoms with E-state index in [4.69, 9.17) is 0 Å². The molecule has 13 heavy (non-hydrogen) atoms. The average molecular weight is 185 g/mol. The van der Waals surface area contributed by atoms with Crippen LogP contribution in [0.4, 0.5) is 0 Å². The van der Waals surface area contributed by atoms with Gasteiger partial charge in [-0.05, 0) is 26.2 Å². The number of hydrogen-bond acceptors (Lipinski definition) is 3. The van der Waals surface area contributed by atoms with E-state index in [0.717, 1.165) is 13.0 Å². The molecule has 1 rings (SSSR count). The summed E-state index contributed by atoms with van der Waals surface area (Å²) in [6.07, 6.45) is 1.16. The van der Waals surface area contributed by atoms with Crippen molar-refractivity contribution in [2.24, 2.45) is 5.92 Å². The molecule has 0 bridgehead atoms. The molecule has 1 saturated heterocycles. The SMILES string of the molecule is COC(=O)CN1CC(C)CC1(C)C. The molecule has 0 radical (unpaired) electrons. The minimum atomic E-state index is -0.137. The van der Waals surface area contributed by atoms with Crippen LogP contribution in [0.5, 0.6) is 0 Å². The number of likely N-dealkylation sites (tertiary alicyclic amines) is 1. The van der Waals surface area contributed by atoms with Crippen LogP contribution in [0.25, 0.3) is 0 Å². The maximum Gasteiger partial charge on any atom is 0.319 e. The quantitative estimate of drug-likeness (QED) is 0.607. The van der Waals surface area contributed by atoms with Gasteiger partial charge in [-0.25, -0.2) is 0 Å². The van der Waals surface area contributed by atoms with Gasteiger partial charge in [-0.2, -0.15) is 0 Å². The zero-order valence-electron chi connectivity index (χ0n) is 8.96. The molecule has 0 aliphatic carbocycles. The highest BCUT2D eigenvalue weighted by atomic mass is 16.5. The van der Waals surface area contributed by atoms with E-state index in [2.05, 4.69) is 30.4 Å². The van der Waals surface area contributed by atoms with E-state index >= 15 is 0 Å². The Labute approximate surface area is 80.1 Å². The van der Waals surface area contributed by atoms with E-state index in [1.54, 1.807) is 0 Å². The maximum absolute atomic E-state index is 11.1. The van der Waals surface area contributed by atoms with Gasteiger partial charge < -0.3 is 4.74 Å². The molecule has 0 amide bonds. The van der Waals surface area contributed by atoms with Gasteiger partial charge in [0.2, 0.25) is 0 Å². The molecule has 1 aliphatic heterocycles. The molecule has 1 atom stereocenters. The monoisotopic (exact) mass is 185 g/mol. The van der Waals surface area contributed by atoms with Crippen LogP contribution in [0.15, 0.2) is 0 Å². The van der Waals surface area contributed by atoms with Gasteiger partial charge in [0.1, 0.15) is 0 Å². The Balaban J connectivity index is 2.55. The summed E-state index contributed by atoms with van der Waals surface area (Å²) in [6, 6.07) is 0. The van der Waals surface area contributed by atoms with Crippen molar-refractivity contribution >= 4 is 5.97 Å². The van der Waals surface area contributed by atoms with E-state index in [-0.39, 0.29) is 11.5 Å². The normalized spacial score (nSPS) is 27.5. The third kappa shape index (κ3) is 2.44. The highest BCUT2D eigenvalue weighted by molar-refractivity contribution is 5.71. The molecule has 0 aromatic rings. The summed E-state index contributed by atoms with van der Waals surface area (Å²) in [7, 11) is 1.44. The van der Waals surface area contributed by atoms with Crippen LogP contribution in [0, 0.1) is 5.92 Å². The Morgan fingerprint density at radius 3 is 2.62 bits per heavy atom. The topological polar surface area (TPSA) is 29.5 Å². The largest absolute Gasteiger partial charge is 0.468 e. The first-order chi connectivity index (χ1) is 5.95. The van der Waals surface area contributed by atoms with Crippen LogP contribution in [-0.2, 0) is 9.53 Å². The fourth-order valence-corrected chi connectivity index (χ4v) is 2.17. The zero-order chi connectivity index (χ0) is 10.1. The van der Waals surface area contributed by atoms with Crippen LogP contribution in [0.2, 0.25) is 0 Å². The lowest BCUT2D eigenvalue weighted by Crippen LogP contribution is -2.41. The molecule has 1 aliphatic rings. The fraction of sp³-hybridized carbons (Fsp3) is 0.900. The van der Waals surface area contributed by atoms with Gasteiger partial charge in [0.25, 0.3) is 0 Å². The lowest BCUT2D eigenvalue weighted by Gasteiger charge is -2.30. The molecule has 76 valence electrons. The van der Waals surface area contributed by atoms with E-state index in [1.165, 1.54) is 7.11 Å². The Kier molecular flexibility index (Phi) is 2.96. The molecule has 0 N–H and O–H groups in total. The van der Waals surface area contributed by atoms with Crippen molar-refractivity contribution < 1.29 is 9.53 Å². The number of esters is 1. The van der Waals surface area contributed by atoms with Gasteiger partial charge in [0.05, 0.1) is 13.7 Å². The van der Waals surface area contributed by atoms with Crippen molar-refractivity contribution in [2.75, 3.05) is 20.2 Å². The maximum atomic E-state index is 11.1. The van der Waals surface area contributed by atoms with Crippen molar-refractivity contribution in [1.82, 2.24) is 4.90 Å². The van der Waals surface area contributed by atoms with Crippen molar-refractivity contribution in [2.45, 2.75) is 32.7 Å². The minimum absolute atomic E-state index is 0.137. The molecule has 0 saturated carbocycles. The highest BCUT2D eigenvalue weighted by Gasteiger charge is 2.37. The first-order valence-electron chi connectivity index (χ1n) is 4.77. The lowest BCUT2D eigenvalue weighted by molar-refractivity contribution is -0.142. The van der Waals surface area contributed by atoms with E-state index in [0.29, 0.717) is 12.5 Å². The molecule has 0 spiro atoms. The van der Waals surface area contributed by atoms with Crippen LogP contribution >= 0.6 is 0 Å². The Hall–Kier alpha value is -0.570. The van der Waals surface area contributed by atoms with Crippen LogP contribution in [0.1, 0.15) is 27.2 Å². The van der Waals surface area contributed by atoms with E-state index in [9.17, 15) is 4.79 Å². The molecule has 0 aromatic heterocycles. The summed E-state index contributed by atoms with van der Waals surface area (Å²) >= 11 is 0. The molecule has 3 nitrogen and oxygen atoms in total. The second-order valence-corrected chi connectivity index (χ2v) is 4.58. The molecule has 0 aromatic carbocycles. The van der Waals surface area contributed by atoms with Crippen molar-refractivity contribution in [3.05, 3.63) is 0 Å². The minimum Gasteiger partial charge on any atom is -0.468 e. The summed E-state index contributed by atoms with van der Waals surface area (Å²) in [4.78, 5) is 13.3. The second-order valence-electron chi connectivity index (χ2n) is 4.58. The summed E-state index contributed by atoms with van der Waals surface area (Å²) in [5, 5.41) is 0. The van der Waals surface area contributed by atoms with Crippen LogP contribution < -0.4 is 0 Å². The lowest BCUT2D eigenvalue weighted by atomic mass is 9.98. The number of nitrogens with zero attached hydrogens (tertiary/aromatic N) is 1. The smallest absolute Gasteiger partial charge is 0.319 e. The van der Waals surface area contributed by atoms with Crippen LogP contribution in [-0.4, -0.2) is 36.6 Å². The average Bonchev–Trinajstić information content (AvgIpc) is 2.24. The second kappa shape index (κ2) is 3.66. The standard InChI is InChI=1S/C10H19NO2/c1-8-5-10(2,3)11(6-8)7-9(12)13-4/h8H,5-7H2,1-4H3. The van der Waals surface area contributed by atoms with Gasteiger partial charge in [-0.15, -0.1) is 0 Å². The summed E-state index contributed by atoms with van der Waals surface area (Å²) in [5.41, 5.74) is 0.146. The Morgan fingerprint density at radius 2 is 2.23 bits per heavy atom. The summed E-state index contributed by atoms with van der Waals surface area (Å²) in [6.45, 7) is 8.01. The van der Waals surface area contributed by atoms with Crippen molar-refractivity contribution in [3.8, 4) is 0 Å². The molecule has 1 heterocycles. The third-order valence-corrected chi connectivity index (χ3v) is 2.78. The number of carbonyl (C=O) groups excluding carboxylic acids is 1. The predicted octanol–water partition coefficient (Wildman–Crippen LogP) is 1.28. The molecular weight excluding hydrogens is 166 g/mol. The number of hydrogen-bond donors (Lipinski definition) is 0. The van der Waals surface area contributed by atoms with Gasteiger partial charge in [-0.3, -0.25) is 9.69 Å². The molecule has 1 fully saturated rings. The summed E-state index contributed by atoms with van der Waals surface area (Å²) in [5.74, 6) is 0.543. The predicted molar refractivity (Wildman–Crippen MR) is 51.4 cm³/mol. The van der Waals surface area contributed by atoms with E-state index in [1.807, 2.05) is 0 Å². The van der Waals surface area contributed by atoms with Crippen molar-refractivity contribution in [3.63, 3.8) is 0 Å². The van der Waals surface area contributed by atoms with Gasteiger partial charge >= 0.3 is 5.97 Å². The van der Waals surface area contributed by atoms with Gasteiger partial charge in [0, 0.05) is 12.1 Å². The van der Waals surface area contributed by atoms with E-state index < -0.39 is 0 Å². The highest BCUT2D eigenvalue weighted by Crippen LogP contribution is 2.31. The number of ether oxygens (including phenoxy) is 1.